The molecule has 0 fully saturated rings. The van der Waals surface area contributed by atoms with E-state index in [1.807, 2.05) is 0 Å². The van der Waals surface area contributed by atoms with Crippen LogP contribution in [0.4, 0.5) is 11.4 Å². The van der Waals surface area contributed by atoms with Crippen LogP contribution >= 0.6 is 11.6 Å². The number of halogens is 1. The number of nitrogens with two attached hydrogens (primary N) is 1. The van der Waals surface area contributed by atoms with Crippen LogP contribution in [0.25, 0.3) is 0 Å². The normalized spacial score (nSPS) is 10.1. The number of nitrogens with one attached hydrogen (secondary N) is 1. The molecule has 0 aliphatic heterocycles. The van der Waals surface area contributed by atoms with Crippen LogP contribution in [0, 0.1) is 0 Å². The van der Waals surface area contributed by atoms with Gasteiger partial charge in [0.25, 0.3) is 5.91 Å². The Kier molecular flexibility index (Phi) is 2.83. The number of amides is 1. The van der Waals surface area contributed by atoms with E-state index in [1.165, 1.54) is 6.26 Å². The number of carbonyl (C=O) groups excluding carboxylic acids is 1. The summed E-state index contributed by atoms with van der Waals surface area (Å²) in [5.41, 5.74) is 6.50. The molecule has 1 aromatic heterocycles. The van der Waals surface area contributed by atoms with E-state index in [1.54, 1.807) is 30.3 Å². The molecule has 0 radical (unpaired) electrons. The van der Waals surface area contributed by atoms with Crippen LogP contribution in [-0.2, 0) is 0 Å². The van der Waals surface area contributed by atoms with Crippen molar-refractivity contribution in [3.8, 4) is 0 Å². The minimum atomic E-state index is -0.384. The van der Waals surface area contributed by atoms with Gasteiger partial charge in [-0.2, -0.15) is 0 Å². The van der Waals surface area contributed by atoms with E-state index in [4.69, 9.17) is 21.8 Å². The fourth-order valence-electron chi connectivity index (χ4n) is 1.26. The largest absolute Gasteiger partial charge is 0.459 e. The first-order valence-electron chi connectivity index (χ1n) is 4.57. The van der Waals surface area contributed by atoms with Gasteiger partial charge in [-0.05, 0) is 24.3 Å². The summed E-state index contributed by atoms with van der Waals surface area (Å²) >= 11 is 5.91. The molecule has 16 heavy (non-hydrogen) atoms. The van der Waals surface area contributed by atoms with Crippen LogP contribution < -0.4 is 11.1 Å². The summed E-state index contributed by atoms with van der Waals surface area (Å²) < 4.78 is 4.95. The van der Waals surface area contributed by atoms with Crippen LogP contribution in [0.5, 0.6) is 0 Å². The monoisotopic (exact) mass is 236 g/mol. The van der Waals surface area contributed by atoms with Crippen LogP contribution in [0.15, 0.2) is 41.0 Å². The molecule has 0 unspecified atom stereocenters. The molecule has 0 spiro atoms. The third-order valence-corrected chi connectivity index (χ3v) is 2.34. The van der Waals surface area contributed by atoms with Crippen molar-refractivity contribution >= 4 is 28.9 Å². The highest BCUT2D eigenvalue weighted by Gasteiger charge is 2.12. The maximum absolute atomic E-state index is 11.7. The highest BCUT2D eigenvalue weighted by Crippen LogP contribution is 2.28. The predicted molar refractivity (Wildman–Crippen MR) is 62.5 cm³/mol. The Labute approximate surface area is 97.0 Å². The molecule has 2 aromatic rings. The van der Waals surface area contributed by atoms with Gasteiger partial charge in [-0.3, -0.25) is 4.79 Å². The first-order chi connectivity index (χ1) is 7.68. The number of carbonyl (C=O) groups is 1. The Hall–Kier alpha value is -1.94. The van der Waals surface area contributed by atoms with E-state index in [2.05, 4.69) is 5.32 Å². The van der Waals surface area contributed by atoms with Gasteiger partial charge in [-0.1, -0.05) is 17.7 Å². The van der Waals surface area contributed by atoms with Crippen molar-refractivity contribution in [3.05, 3.63) is 47.4 Å². The molecule has 5 heteroatoms. The zero-order valence-electron chi connectivity index (χ0n) is 8.24. The molecule has 1 aromatic carbocycles. The summed E-state index contributed by atoms with van der Waals surface area (Å²) in [6.45, 7) is 0. The van der Waals surface area contributed by atoms with Crippen molar-refractivity contribution in [2.24, 2.45) is 0 Å². The molecule has 0 atom stereocenters. The number of nitrogen functional groups attached to an aromatic ring is 1. The molecule has 0 saturated carbocycles. The van der Waals surface area contributed by atoms with Crippen LogP contribution in [0.2, 0.25) is 5.02 Å². The van der Waals surface area contributed by atoms with Crippen LogP contribution in [0.1, 0.15) is 10.6 Å². The number of para-hydroxylation sites is 1. The lowest BCUT2D eigenvalue weighted by Gasteiger charge is -2.08. The van der Waals surface area contributed by atoms with Crippen molar-refractivity contribution in [3.63, 3.8) is 0 Å². The Bertz CT molecular complexity index is 488. The molecule has 0 aliphatic rings. The maximum atomic E-state index is 11.7. The number of hydrogen-bond acceptors (Lipinski definition) is 3. The van der Waals surface area contributed by atoms with Gasteiger partial charge in [-0.15, -0.1) is 0 Å². The predicted octanol–water partition coefficient (Wildman–Crippen LogP) is 2.77. The van der Waals surface area contributed by atoms with Crippen molar-refractivity contribution < 1.29 is 9.21 Å². The van der Waals surface area contributed by atoms with Gasteiger partial charge >= 0.3 is 0 Å². The molecule has 0 bridgehead atoms. The quantitative estimate of drug-likeness (QED) is 0.788. The first kappa shape index (κ1) is 10.6. The summed E-state index contributed by atoms with van der Waals surface area (Å²) in [5, 5.41) is 2.98. The molecule has 2 rings (SSSR count). The Balaban J connectivity index is 2.25. The second-order valence-corrected chi connectivity index (χ2v) is 3.54. The molecule has 3 N–H and O–H groups in total. The van der Waals surface area contributed by atoms with Crippen molar-refractivity contribution in [2.75, 3.05) is 11.1 Å². The van der Waals surface area contributed by atoms with Crippen LogP contribution in [0.3, 0.4) is 0 Å². The maximum Gasteiger partial charge on any atom is 0.291 e. The fraction of sp³-hybridized carbons (Fsp3) is 0. The minimum absolute atomic E-state index is 0.208. The highest BCUT2D eigenvalue weighted by molar-refractivity contribution is 6.34. The van der Waals surface area contributed by atoms with Gasteiger partial charge in [0, 0.05) is 0 Å². The SMILES string of the molecule is Nc1cccc(Cl)c1NC(=O)c1ccco1. The summed E-state index contributed by atoms with van der Waals surface area (Å²) in [4.78, 5) is 11.7. The van der Waals surface area contributed by atoms with Gasteiger partial charge < -0.3 is 15.5 Å². The van der Waals surface area contributed by atoms with Gasteiger partial charge in [0.05, 0.1) is 22.7 Å². The number of benzene rings is 1. The Morgan fingerprint density at radius 1 is 1.31 bits per heavy atom. The first-order valence-corrected chi connectivity index (χ1v) is 4.95. The molecule has 4 nitrogen and oxygen atoms in total. The number of furan rings is 1. The molecule has 82 valence electrons. The van der Waals surface area contributed by atoms with E-state index in [9.17, 15) is 4.79 Å². The summed E-state index contributed by atoms with van der Waals surface area (Å²) in [6.07, 6.45) is 1.42. The summed E-state index contributed by atoms with van der Waals surface area (Å²) in [7, 11) is 0. The zero-order valence-corrected chi connectivity index (χ0v) is 8.99. The molecule has 0 saturated heterocycles. The van der Waals surface area contributed by atoms with E-state index in [-0.39, 0.29) is 11.7 Å². The third-order valence-electron chi connectivity index (χ3n) is 2.03. The lowest BCUT2D eigenvalue weighted by molar-refractivity contribution is 0.0996. The lowest BCUT2D eigenvalue weighted by Crippen LogP contribution is -2.12. The Morgan fingerprint density at radius 3 is 2.75 bits per heavy atom. The molecular weight excluding hydrogens is 228 g/mol. The molecule has 1 heterocycles. The smallest absolute Gasteiger partial charge is 0.291 e. The Morgan fingerprint density at radius 2 is 2.12 bits per heavy atom. The number of rotatable bonds is 2. The van der Waals surface area contributed by atoms with Gasteiger partial charge in [0.15, 0.2) is 5.76 Å². The summed E-state index contributed by atoms with van der Waals surface area (Å²) in [6, 6.07) is 8.20. The van der Waals surface area contributed by atoms with E-state index < -0.39 is 0 Å². The number of anilines is 2. The van der Waals surface area contributed by atoms with Crippen molar-refractivity contribution in [1.29, 1.82) is 0 Å². The lowest BCUT2D eigenvalue weighted by atomic mass is 10.2. The van der Waals surface area contributed by atoms with Crippen molar-refractivity contribution in [1.82, 2.24) is 0 Å². The zero-order chi connectivity index (χ0) is 11.5. The standard InChI is InChI=1S/C11H9ClN2O2/c12-7-3-1-4-8(13)10(7)14-11(15)9-5-2-6-16-9/h1-6H,13H2,(H,14,15). The molecule has 0 aliphatic carbocycles. The second-order valence-electron chi connectivity index (χ2n) is 3.14. The number of hydrogen-bond donors (Lipinski definition) is 2. The molecule has 1 amide bonds. The third kappa shape index (κ3) is 2.01. The second kappa shape index (κ2) is 4.28. The van der Waals surface area contributed by atoms with Gasteiger partial charge in [-0.25, -0.2) is 0 Å². The van der Waals surface area contributed by atoms with Crippen molar-refractivity contribution in [2.45, 2.75) is 0 Å². The minimum Gasteiger partial charge on any atom is -0.459 e. The fourth-order valence-corrected chi connectivity index (χ4v) is 1.48. The molecular formula is C11H9ClN2O2. The average Bonchev–Trinajstić information content (AvgIpc) is 2.76. The topological polar surface area (TPSA) is 68.3 Å². The van der Waals surface area contributed by atoms with E-state index in [0.717, 1.165) is 0 Å². The van der Waals surface area contributed by atoms with Gasteiger partial charge in [0.2, 0.25) is 0 Å². The van der Waals surface area contributed by atoms with E-state index >= 15 is 0 Å². The summed E-state index contributed by atoms with van der Waals surface area (Å²) in [5.74, 6) is -0.177. The van der Waals surface area contributed by atoms with E-state index in [0.29, 0.717) is 16.4 Å². The highest BCUT2D eigenvalue weighted by atomic mass is 35.5. The van der Waals surface area contributed by atoms with Gasteiger partial charge in [0.1, 0.15) is 0 Å². The average molecular weight is 237 g/mol. The van der Waals surface area contributed by atoms with Crippen LogP contribution in [-0.4, -0.2) is 5.91 Å².